The van der Waals surface area contributed by atoms with Crippen LogP contribution in [0, 0.1) is 5.92 Å². The smallest absolute Gasteiger partial charge is 0.226 e. The minimum atomic E-state index is -0.128. The SMILES string of the molecule is COc1ccc2c(c1)OCC(C(=O)NCCCN1CCCc3ccccc31)C2. The van der Waals surface area contributed by atoms with Crippen molar-refractivity contribution in [2.45, 2.75) is 25.7 Å². The van der Waals surface area contributed by atoms with E-state index in [4.69, 9.17) is 9.47 Å². The third kappa shape index (κ3) is 4.08. The summed E-state index contributed by atoms with van der Waals surface area (Å²) in [4.78, 5) is 15.0. The number of aryl methyl sites for hydroxylation is 1. The number of para-hydroxylation sites is 1. The topological polar surface area (TPSA) is 50.8 Å². The molecular formula is C23H28N2O3. The number of hydrogen-bond acceptors (Lipinski definition) is 4. The Morgan fingerprint density at radius 1 is 1.25 bits per heavy atom. The van der Waals surface area contributed by atoms with E-state index in [2.05, 4.69) is 34.5 Å². The number of anilines is 1. The Kier molecular flexibility index (Phi) is 5.70. The van der Waals surface area contributed by atoms with E-state index in [-0.39, 0.29) is 11.8 Å². The van der Waals surface area contributed by atoms with Gasteiger partial charge in [0, 0.05) is 31.4 Å². The van der Waals surface area contributed by atoms with Gasteiger partial charge in [-0.25, -0.2) is 0 Å². The summed E-state index contributed by atoms with van der Waals surface area (Å²) in [6.07, 6.45) is 4.03. The Balaban J connectivity index is 1.24. The first kappa shape index (κ1) is 18.7. The summed E-state index contributed by atoms with van der Waals surface area (Å²) in [6, 6.07) is 14.4. The van der Waals surface area contributed by atoms with Crippen LogP contribution in [0.1, 0.15) is 24.0 Å². The number of benzene rings is 2. The van der Waals surface area contributed by atoms with Gasteiger partial charge in [0.1, 0.15) is 18.1 Å². The molecule has 28 heavy (non-hydrogen) atoms. The van der Waals surface area contributed by atoms with Crippen LogP contribution in [-0.4, -0.2) is 39.3 Å². The number of amides is 1. The van der Waals surface area contributed by atoms with Crippen LogP contribution in [0.3, 0.4) is 0 Å². The molecule has 2 aliphatic rings. The molecule has 2 aromatic carbocycles. The van der Waals surface area contributed by atoms with Crippen molar-refractivity contribution in [3.05, 3.63) is 53.6 Å². The molecule has 0 spiro atoms. The molecule has 5 nitrogen and oxygen atoms in total. The van der Waals surface area contributed by atoms with E-state index in [0.29, 0.717) is 19.6 Å². The number of rotatable bonds is 6. The summed E-state index contributed by atoms with van der Waals surface area (Å²) in [5.41, 5.74) is 3.86. The number of carbonyl (C=O) groups is 1. The van der Waals surface area contributed by atoms with Gasteiger partial charge in [0.2, 0.25) is 5.91 Å². The Labute approximate surface area is 166 Å². The van der Waals surface area contributed by atoms with Crippen molar-refractivity contribution >= 4 is 11.6 Å². The Bertz CT molecular complexity index is 836. The average molecular weight is 380 g/mol. The molecule has 2 heterocycles. The van der Waals surface area contributed by atoms with Crippen molar-refractivity contribution in [3.8, 4) is 11.5 Å². The van der Waals surface area contributed by atoms with Gasteiger partial charge in [0.15, 0.2) is 0 Å². The van der Waals surface area contributed by atoms with Crippen LogP contribution in [0.25, 0.3) is 0 Å². The van der Waals surface area contributed by atoms with Gasteiger partial charge < -0.3 is 19.7 Å². The molecule has 0 saturated heterocycles. The van der Waals surface area contributed by atoms with Crippen molar-refractivity contribution in [3.63, 3.8) is 0 Å². The first-order chi connectivity index (χ1) is 13.7. The van der Waals surface area contributed by atoms with Gasteiger partial charge in [-0.2, -0.15) is 0 Å². The molecule has 4 rings (SSSR count). The van der Waals surface area contributed by atoms with Crippen LogP contribution in [-0.2, 0) is 17.6 Å². The largest absolute Gasteiger partial charge is 0.497 e. The monoisotopic (exact) mass is 380 g/mol. The van der Waals surface area contributed by atoms with E-state index in [1.807, 2.05) is 18.2 Å². The van der Waals surface area contributed by atoms with Crippen molar-refractivity contribution in [1.29, 1.82) is 0 Å². The zero-order chi connectivity index (χ0) is 19.3. The standard InChI is InChI=1S/C23H28N2O3/c1-27-20-10-9-18-14-19(16-28-22(18)15-20)23(26)24-11-5-13-25-12-4-7-17-6-2-3-8-21(17)25/h2-3,6,8-10,15,19H,4-5,7,11-14,16H2,1H3,(H,24,26). The van der Waals surface area contributed by atoms with E-state index in [1.165, 1.54) is 24.1 Å². The molecular weight excluding hydrogens is 352 g/mol. The lowest BCUT2D eigenvalue weighted by atomic mass is 9.96. The highest BCUT2D eigenvalue weighted by molar-refractivity contribution is 5.79. The minimum absolute atomic E-state index is 0.0838. The van der Waals surface area contributed by atoms with Crippen LogP contribution < -0.4 is 19.7 Å². The van der Waals surface area contributed by atoms with Crippen LogP contribution in [0.4, 0.5) is 5.69 Å². The number of fused-ring (bicyclic) bond motifs is 2. The first-order valence-corrected chi connectivity index (χ1v) is 10.1. The predicted octanol–water partition coefficient (Wildman–Crippen LogP) is 3.21. The molecule has 1 atom stereocenters. The molecule has 0 radical (unpaired) electrons. The third-order valence-corrected chi connectivity index (χ3v) is 5.66. The number of hydrogen-bond donors (Lipinski definition) is 1. The Morgan fingerprint density at radius 3 is 3.04 bits per heavy atom. The van der Waals surface area contributed by atoms with Gasteiger partial charge in [0.05, 0.1) is 13.0 Å². The Hall–Kier alpha value is -2.69. The first-order valence-electron chi connectivity index (χ1n) is 10.1. The maximum absolute atomic E-state index is 12.6. The molecule has 1 unspecified atom stereocenters. The van der Waals surface area contributed by atoms with Crippen molar-refractivity contribution < 1.29 is 14.3 Å². The molecule has 0 aromatic heterocycles. The highest BCUT2D eigenvalue weighted by atomic mass is 16.5. The van der Waals surface area contributed by atoms with Gasteiger partial charge in [-0.05, 0) is 48.9 Å². The molecule has 1 amide bonds. The number of ether oxygens (including phenoxy) is 2. The van der Waals surface area contributed by atoms with Crippen LogP contribution in [0.15, 0.2) is 42.5 Å². The summed E-state index contributed by atoms with van der Waals surface area (Å²) in [5.74, 6) is 1.56. The van der Waals surface area contributed by atoms with Gasteiger partial charge >= 0.3 is 0 Å². The average Bonchev–Trinajstić information content (AvgIpc) is 2.75. The van der Waals surface area contributed by atoms with E-state index in [0.717, 1.165) is 36.6 Å². The summed E-state index contributed by atoms with van der Waals surface area (Å²) in [5, 5.41) is 3.10. The van der Waals surface area contributed by atoms with Gasteiger partial charge in [-0.15, -0.1) is 0 Å². The van der Waals surface area contributed by atoms with E-state index in [9.17, 15) is 4.79 Å². The number of carbonyl (C=O) groups excluding carboxylic acids is 1. The zero-order valence-corrected chi connectivity index (χ0v) is 16.4. The molecule has 0 saturated carbocycles. The second-order valence-electron chi connectivity index (χ2n) is 7.55. The van der Waals surface area contributed by atoms with Crippen molar-refractivity contribution in [2.75, 3.05) is 38.3 Å². The lowest BCUT2D eigenvalue weighted by Gasteiger charge is -2.31. The molecule has 2 aliphatic heterocycles. The molecule has 1 N–H and O–H groups in total. The predicted molar refractivity (Wildman–Crippen MR) is 110 cm³/mol. The summed E-state index contributed by atoms with van der Waals surface area (Å²) < 4.78 is 11.0. The van der Waals surface area contributed by atoms with E-state index < -0.39 is 0 Å². The summed E-state index contributed by atoms with van der Waals surface area (Å²) in [6.45, 7) is 3.19. The number of nitrogens with one attached hydrogen (secondary N) is 1. The molecule has 5 heteroatoms. The Morgan fingerprint density at radius 2 is 2.14 bits per heavy atom. The molecule has 0 aliphatic carbocycles. The second-order valence-corrected chi connectivity index (χ2v) is 7.55. The van der Waals surface area contributed by atoms with Crippen molar-refractivity contribution in [2.24, 2.45) is 5.92 Å². The number of nitrogens with zero attached hydrogens (tertiary/aromatic N) is 1. The highest BCUT2D eigenvalue weighted by Gasteiger charge is 2.26. The summed E-state index contributed by atoms with van der Waals surface area (Å²) in [7, 11) is 1.64. The van der Waals surface area contributed by atoms with Gasteiger partial charge in [-0.3, -0.25) is 4.79 Å². The normalized spacial score (nSPS) is 17.9. The van der Waals surface area contributed by atoms with E-state index in [1.54, 1.807) is 7.11 Å². The fraction of sp³-hybridized carbons (Fsp3) is 0.435. The zero-order valence-electron chi connectivity index (χ0n) is 16.4. The van der Waals surface area contributed by atoms with Gasteiger partial charge in [0.25, 0.3) is 0 Å². The maximum atomic E-state index is 12.6. The lowest BCUT2D eigenvalue weighted by Crippen LogP contribution is -2.39. The van der Waals surface area contributed by atoms with Crippen molar-refractivity contribution in [1.82, 2.24) is 5.32 Å². The molecule has 148 valence electrons. The third-order valence-electron chi connectivity index (χ3n) is 5.66. The lowest BCUT2D eigenvalue weighted by molar-refractivity contribution is -0.126. The quantitative estimate of drug-likeness (QED) is 0.782. The summed E-state index contributed by atoms with van der Waals surface area (Å²) >= 11 is 0. The van der Waals surface area contributed by atoms with Gasteiger partial charge in [-0.1, -0.05) is 24.3 Å². The minimum Gasteiger partial charge on any atom is -0.497 e. The molecule has 0 fully saturated rings. The fourth-order valence-corrected chi connectivity index (χ4v) is 4.12. The second kappa shape index (κ2) is 8.55. The van der Waals surface area contributed by atoms with E-state index >= 15 is 0 Å². The molecule has 2 aromatic rings. The van der Waals surface area contributed by atoms with Crippen LogP contribution in [0.5, 0.6) is 11.5 Å². The maximum Gasteiger partial charge on any atom is 0.226 e. The number of methoxy groups -OCH3 is 1. The molecule has 0 bridgehead atoms. The van der Waals surface area contributed by atoms with Crippen LogP contribution in [0.2, 0.25) is 0 Å². The highest BCUT2D eigenvalue weighted by Crippen LogP contribution is 2.31. The van der Waals surface area contributed by atoms with Crippen LogP contribution >= 0.6 is 0 Å². The fourth-order valence-electron chi connectivity index (χ4n) is 4.12.